The molecule has 4 aliphatic carbocycles. The van der Waals surface area contributed by atoms with Crippen molar-refractivity contribution in [1.82, 2.24) is 5.32 Å². The third-order valence-corrected chi connectivity index (χ3v) is 6.82. The lowest BCUT2D eigenvalue weighted by molar-refractivity contribution is -0.123. The molecule has 4 nitrogen and oxygen atoms in total. The topological polar surface area (TPSA) is 47.6 Å². The quantitative estimate of drug-likeness (QED) is 0.799. The lowest BCUT2D eigenvalue weighted by Crippen LogP contribution is -2.47. The van der Waals surface area contributed by atoms with E-state index in [-0.39, 0.29) is 12.5 Å². The summed E-state index contributed by atoms with van der Waals surface area (Å²) in [4.78, 5) is 12.2. The van der Waals surface area contributed by atoms with Crippen molar-refractivity contribution < 1.29 is 14.3 Å². The highest BCUT2D eigenvalue weighted by Gasteiger charge is 2.50. The molecule has 26 heavy (non-hydrogen) atoms. The highest BCUT2D eigenvalue weighted by molar-refractivity contribution is 5.77. The van der Waals surface area contributed by atoms with Gasteiger partial charge in [0.2, 0.25) is 0 Å². The van der Waals surface area contributed by atoms with Crippen LogP contribution in [0.1, 0.15) is 50.5 Å². The second kappa shape index (κ2) is 7.13. The van der Waals surface area contributed by atoms with Crippen LogP contribution in [-0.2, 0) is 4.79 Å². The Kier molecular flexibility index (Phi) is 4.85. The first-order valence-electron chi connectivity index (χ1n) is 10.1. The Hall–Kier alpha value is -1.71. The predicted octanol–water partition coefficient (Wildman–Crippen LogP) is 4.11. The van der Waals surface area contributed by atoms with E-state index in [1.54, 1.807) is 7.11 Å². The molecule has 0 saturated heterocycles. The lowest BCUT2D eigenvalue weighted by Gasteiger charge is -2.57. The van der Waals surface area contributed by atoms with E-state index < -0.39 is 0 Å². The minimum absolute atomic E-state index is 0.0420. The third-order valence-electron chi connectivity index (χ3n) is 6.82. The van der Waals surface area contributed by atoms with Gasteiger partial charge in [-0.2, -0.15) is 0 Å². The Morgan fingerprint density at radius 1 is 1.12 bits per heavy atom. The minimum atomic E-state index is -0.0441. The van der Waals surface area contributed by atoms with E-state index in [1.165, 1.54) is 38.5 Å². The number of nitrogens with one attached hydrogen (secondary N) is 1. The van der Waals surface area contributed by atoms with E-state index >= 15 is 0 Å². The van der Waals surface area contributed by atoms with E-state index in [4.69, 9.17) is 9.47 Å². The molecule has 1 aromatic rings. The average Bonchev–Trinajstić information content (AvgIpc) is 2.59. The van der Waals surface area contributed by atoms with Crippen LogP contribution >= 0.6 is 0 Å². The zero-order valence-electron chi connectivity index (χ0n) is 16.1. The van der Waals surface area contributed by atoms with E-state index in [2.05, 4.69) is 5.32 Å². The van der Waals surface area contributed by atoms with Crippen molar-refractivity contribution >= 4 is 5.91 Å². The molecule has 0 spiro atoms. The van der Waals surface area contributed by atoms with Crippen LogP contribution < -0.4 is 14.8 Å². The standard InChI is InChI=1S/C22H31NO3/c1-15-3-4-19(20(7-15)25-2)26-14-21(24)23-6-5-22-11-16-8-17(12-22)10-18(9-16)13-22/h3-4,7,16-18H,5-6,8-14H2,1-2H3,(H,23,24). The maximum Gasteiger partial charge on any atom is 0.257 e. The second-order valence-electron chi connectivity index (χ2n) is 8.96. The molecule has 0 radical (unpaired) electrons. The van der Waals surface area contributed by atoms with Crippen LogP contribution in [-0.4, -0.2) is 26.2 Å². The fourth-order valence-corrected chi connectivity index (χ4v) is 6.15. The largest absolute Gasteiger partial charge is 0.493 e. The van der Waals surface area contributed by atoms with Crippen LogP contribution in [0.25, 0.3) is 0 Å². The Balaban J connectivity index is 1.24. The van der Waals surface area contributed by atoms with Crippen LogP contribution in [0, 0.1) is 30.1 Å². The van der Waals surface area contributed by atoms with Gasteiger partial charge in [-0.15, -0.1) is 0 Å². The van der Waals surface area contributed by atoms with Gasteiger partial charge in [0.05, 0.1) is 7.11 Å². The van der Waals surface area contributed by atoms with Crippen molar-refractivity contribution in [3.8, 4) is 11.5 Å². The first-order chi connectivity index (χ1) is 12.5. The number of rotatable bonds is 7. The Morgan fingerprint density at radius 3 is 2.38 bits per heavy atom. The zero-order chi connectivity index (χ0) is 18.1. The molecule has 4 fully saturated rings. The Morgan fingerprint density at radius 2 is 1.77 bits per heavy atom. The summed E-state index contributed by atoms with van der Waals surface area (Å²) in [5.41, 5.74) is 1.62. The summed E-state index contributed by atoms with van der Waals surface area (Å²) in [5, 5.41) is 3.07. The minimum Gasteiger partial charge on any atom is -0.493 e. The predicted molar refractivity (Wildman–Crippen MR) is 101 cm³/mol. The van der Waals surface area contributed by atoms with Crippen LogP contribution in [0.5, 0.6) is 11.5 Å². The molecule has 1 N–H and O–H groups in total. The summed E-state index contributed by atoms with van der Waals surface area (Å²) in [6.45, 7) is 2.82. The molecule has 4 heteroatoms. The third kappa shape index (κ3) is 3.70. The zero-order valence-corrected chi connectivity index (χ0v) is 16.1. The van der Waals surface area contributed by atoms with Crippen LogP contribution in [0.3, 0.4) is 0 Å². The van der Waals surface area contributed by atoms with Crippen molar-refractivity contribution in [2.45, 2.75) is 51.9 Å². The summed E-state index contributed by atoms with van der Waals surface area (Å²) in [6.07, 6.45) is 9.73. The van der Waals surface area contributed by atoms with Crippen LogP contribution in [0.15, 0.2) is 18.2 Å². The highest BCUT2D eigenvalue weighted by Crippen LogP contribution is 2.61. The van der Waals surface area contributed by atoms with Crippen molar-refractivity contribution in [3.05, 3.63) is 23.8 Å². The second-order valence-corrected chi connectivity index (χ2v) is 8.96. The van der Waals surface area contributed by atoms with Crippen molar-refractivity contribution in [3.63, 3.8) is 0 Å². The maximum absolute atomic E-state index is 12.2. The first-order valence-corrected chi connectivity index (χ1v) is 10.1. The van der Waals surface area contributed by atoms with Gasteiger partial charge in [0.25, 0.3) is 5.91 Å². The van der Waals surface area contributed by atoms with E-state index in [9.17, 15) is 4.79 Å². The van der Waals surface area contributed by atoms with Crippen LogP contribution in [0.4, 0.5) is 0 Å². The number of benzene rings is 1. The number of hydrogen-bond acceptors (Lipinski definition) is 3. The van der Waals surface area contributed by atoms with Crippen molar-refractivity contribution in [1.29, 1.82) is 0 Å². The molecule has 4 aliphatic rings. The molecule has 1 amide bonds. The summed E-state index contributed by atoms with van der Waals surface area (Å²) in [6, 6.07) is 5.74. The van der Waals surface area contributed by atoms with Gasteiger partial charge in [-0.3, -0.25) is 4.79 Å². The van der Waals surface area contributed by atoms with Gasteiger partial charge in [0.1, 0.15) is 0 Å². The number of hydrogen-bond donors (Lipinski definition) is 1. The van der Waals surface area contributed by atoms with Crippen molar-refractivity contribution in [2.24, 2.45) is 23.2 Å². The Bertz CT molecular complexity index is 634. The molecule has 0 aliphatic heterocycles. The SMILES string of the molecule is COc1cc(C)ccc1OCC(=O)NCCC12CC3CC(CC(C3)C1)C2. The van der Waals surface area contributed by atoms with Gasteiger partial charge in [-0.25, -0.2) is 0 Å². The highest BCUT2D eigenvalue weighted by atomic mass is 16.5. The molecule has 1 aromatic carbocycles. The molecule has 0 unspecified atom stereocenters. The van der Waals surface area contributed by atoms with Crippen molar-refractivity contribution in [2.75, 3.05) is 20.3 Å². The van der Waals surface area contributed by atoms with Gasteiger partial charge in [-0.05, 0) is 92.7 Å². The summed E-state index contributed by atoms with van der Waals surface area (Å²) >= 11 is 0. The molecular formula is C22H31NO3. The average molecular weight is 357 g/mol. The number of carbonyl (C=O) groups is 1. The lowest BCUT2D eigenvalue weighted by atomic mass is 9.49. The number of aryl methyl sites for hydroxylation is 1. The van der Waals surface area contributed by atoms with Gasteiger partial charge in [0, 0.05) is 6.54 Å². The fourth-order valence-electron chi connectivity index (χ4n) is 6.15. The molecular weight excluding hydrogens is 326 g/mol. The van der Waals surface area contributed by atoms with Gasteiger partial charge in [-0.1, -0.05) is 6.07 Å². The van der Waals surface area contributed by atoms with E-state index in [0.29, 0.717) is 16.9 Å². The van der Waals surface area contributed by atoms with Gasteiger partial charge >= 0.3 is 0 Å². The fraction of sp³-hybridized carbons (Fsp3) is 0.682. The number of carbonyl (C=O) groups excluding carboxylic acids is 1. The summed E-state index contributed by atoms with van der Waals surface area (Å²) in [7, 11) is 1.62. The molecule has 0 atom stereocenters. The molecule has 0 heterocycles. The molecule has 5 rings (SSSR count). The maximum atomic E-state index is 12.2. The molecule has 142 valence electrons. The smallest absolute Gasteiger partial charge is 0.257 e. The van der Waals surface area contributed by atoms with Gasteiger partial charge < -0.3 is 14.8 Å². The van der Waals surface area contributed by atoms with E-state index in [1.807, 2.05) is 25.1 Å². The van der Waals surface area contributed by atoms with Crippen LogP contribution in [0.2, 0.25) is 0 Å². The monoisotopic (exact) mass is 357 g/mol. The van der Waals surface area contributed by atoms with Gasteiger partial charge in [0.15, 0.2) is 18.1 Å². The Labute approximate surface area is 156 Å². The normalized spacial score (nSPS) is 31.7. The molecule has 0 aromatic heterocycles. The molecule has 4 saturated carbocycles. The summed E-state index contributed by atoms with van der Waals surface area (Å²) < 4.78 is 11.0. The number of methoxy groups -OCH3 is 1. The first kappa shape index (κ1) is 17.7. The summed E-state index contributed by atoms with van der Waals surface area (Å²) in [5.74, 6) is 4.15. The van der Waals surface area contributed by atoms with E-state index in [0.717, 1.165) is 36.3 Å². The number of ether oxygens (including phenoxy) is 2. The number of amides is 1. The molecule has 4 bridgehead atoms.